The Morgan fingerprint density at radius 2 is 1.82 bits per heavy atom. The van der Waals surface area contributed by atoms with Crippen molar-refractivity contribution < 1.29 is 9.53 Å². The monoisotopic (exact) mass is 376 g/mol. The number of aryl methyl sites for hydroxylation is 2. The van der Waals surface area contributed by atoms with Crippen molar-refractivity contribution >= 4 is 17.5 Å². The molecule has 2 N–H and O–H groups in total. The van der Waals surface area contributed by atoms with Crippen LogP contribution in [0.4, 0.5) is 11.6 Å². The normalized spacial score (nSPS) is 10.4. The molecule has 6 nitrogen and oxygen atoms in total. The van der Waals surface area contributed by atoms with Gasteiger partial charge in [0, 0.05) is 12.2 Å². The van der Waals surface area contributed by atoms with Gasteiger partial charge in [-0.3, -0.25) is 4.79 Å². The van der Waals surface area contributed by atoms with Crippen LogP contribution in [0.5, 0.6) is 5.75 Å². The quantitative estimate of drug-likeness (QED) is 0.656. The van der Waals surface area contributed by atoms with Gasteiger partial charge in [0.05, 0.1) is 12.8 Å². The van der Waals surface area contributed by atoms with Gasteiger partial charge in [-0.2, -0.15) is 0 Å². The number of aromatic nitrogens is 2. The third kappa shape index (κ3) is 5.07. The Balaban J connectivity index is 1.70. The lowest BCUT2D eigenvalue weighted by molar-refractivity contribution is 0.0949. The molecule has 1 heterocycles. The molecule has 0 aliphatic heterocycles. The average molecular weight is 376 g/mol. The Kier molecular flexibility index (Phi) is 6.22. The number of amides is 1. The second kappa shape index (κ2) is 8.99. The second-order valence-electron chi connectivity index (χ2n) is 6.54. The van der Waals surface area contributed by atoms with Gasteiger partial charge in [0.15, 0.2) is 0 Å². The number of carbonyl (C=O) groups excluding carboxylic acids is 1. The lowest BCUT2D eigenvalue weighted by Gasteiger charge is -2.12. The molecule has 0 fully saturated rings. The predicted octanol–water partition coefficient (Wildman–Crippen LogP) is 3.82. The highest BCUT2D eigenvalue weighted by Gasteiger charge is 2.12. The van der Waals surface area contributed by atoms with Crippen molar-refractivity contribution in [3.8, 4) is 5.75 Å². The van der Waals surface area contributed by atoms with E-state index >= 15 is 0 Å². The van der Waals surface area contributed by atoms with Gasteiger partial charge in [-0.05, 0) is 49.6 Å². The van der Waals surface area contributed by atoms with Crippen molar-refractivity contribution in [3.05, 3.63) is 77.1 Å². The summed E-state index contributed by atoms with van der Waals surface area (Å²) in [6, 6.07) is 17.5. The highest BCUT2D eigenvalue weighted by molar-refractivity contribution is 5.92. The molecule has 0 aliphatic carbocycles. The van der Waals surface area contributed by atoms with Gasteiger partial charge in [0.1, 0.15) is 11.4 Å². The molecular weight excluding hydrogens is 352 g/mol. The summed E-state index contributed by atoms with van der Waals surface area (Å²) in [6.45, 7) is 4.37. The number of carbonyl (C=O) groups is 1. The number of ether oxygens (including phenoxy) is 1. The van der Waals surface area contributed by atoms with Crippen LogP contribution in [0.15, 0.2) is 54.6 Å². The highest BCUT2D eigenvalue weighted by atomic mass is 16.5. The third-order valence-electron chi connectivity index (χ3n) is 4.23. The first-order valence-corrected chi connectivity index (χ1v) is 9.14. The van der Waals surface area contributed by atoms with Crippen molar-refractivity contribution in [3.63, 3.8) is 0 Å². The minimum atomic E-state index is -0.222. The molecule has 0 bridgehead atoms. The van der Waals surface area contributed by atoms with Crippen LogP contribution in [0, 0.1) is 13.8 Å². The number of benzene rings is 2. The number of anilines is 2. The fourth-order valence-electron chi connectivity index (χ4n) is 2.84. The van der Waals surface area contributed by atoms with Gasteiger partial charge in [-0.1, -0.05) is 36.4 Å². The lowest BCUT2D eigenvalue weighted by Crippen LogP contribution is -2.27. The number of rotatable bonds is 7. The van der Waals surface area contributed by atoms with Crippen molar-refractivity contribution in [1.29, 1.82) is 0 Å². The van der Waals surface area contributed by atoms with E-state index in [0.29, 0.717) is 29.6 Å². The minimum absolute atomic E-state index is 0.222. The summed E-state index contributed by atoms with van der Waals surface area (Å²) in [5, 5.41) is 6.07. The van der Waals surface area contributed by atoms with E-state index in [1.807, 2.05) is 62.4 Å². The molecule has 6 heteroatoms. The van der Waals surface area contributed by atoms with Gasteiger partial charge in [0.25, 0.3) is 5.91 Å². The van der Waals surface area contributed by atoms with E-state index in [1.165, 1.54) is 5.56 Å². The maximum absolute atomic E-state index is 12.5. The Bertz CT molecular complexity index is 958. The molecule has 28 heavy (non-hydrogen) atoms. The Hall–Kier alpha value is -3.41. The Labute approximate surface area is 165 Å². The van der Waals surface area contributed by atoms with Crippen LogP contribution in [0.3, 0.4) is 0 Å². The molecule has 0 spiro atoms. The largest absolute Gasteiger partial charge is 0.495 e. The third-order valence-corrected chi connectivity index (χ3v) is 4.23. The first-order chi connectivity index (χ1) is 13.5. The standard InChI is InChI=1S/C22H24N4O2/c1-15-9-10-20(28-3)18(13-15)25-22-24-16(2)14-19(26-22)21(27)23-12-11-17-7-5-4-6-8-17/h4-10,13-14H,11-12H2,1-3H3,(H,23,27)(H,24,25,26). The first-order valence-electron chi connectivity index (χ1n) is 9.14. The summed E-state index contributed by atoms with van der Waals surface area (Å²) in [4.78, 5) is 21.3. The molecule has 3 rings (SSSR count). The summed E-state index contributed by atoms with van der Waals surface area (Å²) in [5.41, 5.74) is 4.04. The zero-order valence-electron chi connectivity index (χ0n) is 16.3. The van der Waals surface area contributed by atoms with Crippen molar-refractivity contribution in [2.24, 2.45) is 0 Å². The zero-order valence-corrected chi connectivity index (χ0v) is 16.3. The average Bonchev–Trinajstić information content (AvgIpc) is 2.68. The molecule has 0 radical (unpaired) electrons. The topological polar surface area (TPSA) is 76.1 Å². The van der Waals surface area contributed by atoms with E-state index in [2.05, 4.69) is 20.6 Å². The first kappa shape index (κ1) is 19.4. The van der Waals surface area contributed by atoms with Gasteiger partial charge in [-0.15, -0.1) is 0 Å². The van der Waals surface area contributed by atoms with E-state index < -0.39 is 0 Å². The molecule has 3 aromatic rings. The summed E-state index contributed by atoms with van der Waals surface area (Å²) in [7, 11) is 1.61. The summed E-state index contributed by atoms with van der Waals surface area (Å²) in [5.74, 6) is 0.822. The van der Waals surface area contributed by atoms with Gasteiger partial charge in [0.2, 0.25) is 5.95 Å². The van der Waals surface area contributed by atoms with Crippen LogP contribution in [0.25, 0.3) is 0 Å². The second-order valence-corrected chi connectivity index (χ2v) is 6.54. The van der Waals surface area contributed by atoms with E-state index in [0.717, 1.165) is 17.7 Å². The fourth-order valence-corrected chi connectivity index (χ4v) is 2.84. The highest BCUT2D eigenvalue weighted by Crippen LogP contribution is 2.27. The van der Waals surface area contributed by atoms with E-state index in [4.69, 9.17) is 4.74 Å². The van der Waals surface area contributed by atoms with Crippen LogP contribution < -0.4 is 15.4 Å². The van der Waals surface area contributed by atoms with Crippen LogP contribution in [-0.2, 0) is 6.42 Å². The molecule has 0 unspecified atom stereocenters. The molecule has 1 aromatic heterocycles. The lowest BCUT2D eigenvalue weighted by atomic mass is 10.1. The van der Waals surface area contributed by atoms with Crippen LogP contribution >= 0.6 is 0 Å². The summed E-state index contributed by atoms with van der Waals surface area (Å²) in [6.07, 6.45) is 0.766. The Morgan fingerprint density at radius 3 is 2.57 bits per heavy atom. The van der Waals surface area contributed by atoms with E-state index in [1.54, 1.807) is 13.2 Å². The molecule has 144 valence electrons. The molecule has 0 saturated carbocycles. The molecule has 0 aliphatic rings. The number of hydrogen-bond acceptors (Lipinski definition) is 5. The molecule has 1 amide bonds. The number of hydrogen-bond donors (Lipinski definition) is 2. The maximum Gasteiger partial charge on any atom is 0.270 e. The smallest absolute Gasteiger partial charge is 0.270 e. The summed E-state index contributed by atoms with van der Waals surface area (Å²) >= 11 is 0. The van der Waals surface area contributed by atoms with Crippen LogP contribution in [0.1, 0.15) is 27.3 Å². The minimum Gasteiger partial charge on any atom is -0.495 e. The molecule has 2 aromatic carbocycles. The van der Waals surface area contributed by atoms with Gasteiger partial charge in [-0.25, -0.2) is 9.97 Å². The maximum atomic E-state index is 12.5. The molecule has 0 atom stereocenters. The Morgan fingerprint density at radius 1 is 1.04 bits per heavy atom. The van der Waals surface area contributed by atoms with Gasteiger partial charge >= 0.3 is 0 Å². The number of methoxy groups -OCH3 is 1. The van der Waals surface area contributed by atoms with Crippen molar-refractivity contribution in [1.82, 2.24) is 15.3 Å². The fraction of sp³-hybridized carbons (Fsp3) is 0.227. The number of nitrogens with one attached hydrogen (secondary N) is 2. The van der Waals surface area contributed by atoms with Crippen molar-refractivity contribution in [2.45, 2.75) is 20.3 Å². The molecular formula is C22H24N4O2. The van der Waals surface area contributed by atoms with Crippen LogP contribution in [0.2, 0.25) is 0 Å². The van der Waals surface area contributed by atoms with Gasteiger partial charge < -0.3 is 15.4 Å². The SMILES string of the molecule is COc1ccc(C)cc1Nc1nc(C)cc(C(=O)NCCc2ccccc2)n1. The molecule has 0 saturated heterocycles. The van der Waals surface area contributed by atoms with Crippen molar-refractivity contribution in [2.75, 3.05) is 19.0 Å². The zero-order chi connectivity index (χ0) is 19.9. The van der Waals surface area contributed by atoms with Crippen LogP contribution in [-0.4, -0.2) is 29.5 Å². The number of nitrogens with zero attached hydrogens (tertiary/aromatic N) is 2. The van der Waals surface area contributed by atoms with E-state index in [9.17, 15) is 4.79 Å². The van der Waals surface area contributed by atoms with E-state index in [-0.39, 0.29) is 5.91 Å². The summed E-state index contributed by atoms with van der Waals surface area (Å²) < 4.78 is 5.38. The predicted molar refractivity (Wildman–Crippen MR) is 110 cm³/mol.